The third-order valence-electron chi connectivity index (χ3n) is 9.11. The summed E-state index contributed by atoms with van der Waals surface area (Å²) in [6.45, 7) is 1.45. The number of pyridine rings is 1. The van der Waals surface area contributed by atoms with Crippen LogP contribution in [0.3, 0.4) is 0 Å². The molecule has 1 atom stereocenters. The van der Waals surface area contributed by atoms with E-state index < -0.39 is 74.0 Å². The number of sulfonamides is 1. The van der Waals surface area contributed by atoms with Crippen molar-refractivity contribution >= 4 is 120 Å². The molecule has 2 heterocycles. The number of hydrogen-bond acceptors (Lipinski definition) is 21. The van der Waals surface area contributed by atoms with Crippen LogP contribution >= 0.6 is 11.3 Å². The topological polar surface area (TPSA) is 402 Å². The molecule has 25 nitrogen and oxygen atoms in total. The molecule has 0 aliphatic carbocycles. The Morgan fingerprint density at radius 3 is 1.71 bits per heavy atom. The molecule has 360 valence electrons. The van der Waals surface area contributed by atoms with Crippen molar-refractivity contribution in [2.24, 2.45) is 24.8 Å². The molecular weight excluding hydrogens is 1020 g/mol. The molecule has 0 fully saturated rings. The number of carbonyl (C=O) groups is 2. The second-order valence-corrected chi connectivity index (χ2v) is 20.6. The van der Waals surface area contributed by atoms with Crippen molar-refractivity contribution in [3.63, 3.8) is 0 Å². The van der Waals surface area contributed by atoms with Crippen molar-refractivity contribution in [1.82, 2.24) is 4.98 Å². The van der Waals surface area contributed by atoms with Crippen molar-refractivity contribution in [2.45, 2.75) is 16.7 Å². The first-order chi connectivity index (χ1) is 32.9. The third-order valence-corrected chi connectivity index (χ3v) is 13.1. The van der Waals surface area contributed by atoms with Crippen molar-refractivity contribution in [1.29, 1.82) is 10.5 Å². The Morgan fingerprint density at radius 1 is 0.700 bits per heavy atom. The number of benzene rings is 4. The Balaban J connectivity index is 1.59. The number of carboxylic acids is 2. The SMILES string of the molecule is CO[SH](=O)=Nc1cc(NS(C)(=O)=O)cc(-c2c(N=Nc3cc(C(=O)O)cc(C(=O)O)c3)sc(N=Nc3c(Nc4ccc(S(=O)(=O)O)cc4)nc(Nc4ccc(S(=O)(=O)O)cc4)c(C#N)c3C)c2C#N)c1. The maximum atomic E-state index is 12.4. The van der Waals surface area contributed by atoms with Gasteiger partial charge in [-0.25, -0.2) is 27.2 Å². The molecule has 30 heteroatoms. The van der Waals surface area contributed by atoms with Gasteiger partial charge in [0.05, 0.1) is 56.9 Å². The van der Waals surface area contributed by atoms with Gasteiger partial charge in [0.15, 0.2) is 27.5 Å². The van der Waals surface area contributed by atoms with Gasteiger partial charge in [-0.2, -0.15) is 31.7 Å². The van der Waals surface area contributed by atoms with Gasteiger partial charge in [0.2, 0.25) is 10.0 Å². The number of hydrogen-bond donors (Lipinski definition) is 8. The van der Waals surface area contributed by atoms with Crippen molar-refractivity contribution < 1.29 is 62.6 Å². The molecule has 4 aromatic carbocycles. The van der Waals surface area contributed by atoms with Gasteiger partial charge in [-0.05, 0) is 97.4 Å². The fourth-order valence-corrected chi connectivity index (χ4v) is 8.89. The minimum atomic E-state index is -4.61. The number of thiophene rings is 1. The molecule has 0 saturated carbocycles. The Kier molecular flexibility index (Phi) is 15.1. The molecular formula is C40H31N11O14S5. The molecule has 2 aromatic heterocycles. The number of nitriles is 2. The van der Waals surface area contributed by atoms with E-state index in [9.17, 15) is 68.9 Å². The molecule has 1 unspecified atom stereocenters. The predicted molar refractivity (Wildman–Crippen MR) is 253 cm³/mol. The second kappa shape index (κ2) is 20.7. The van der Waals surface area contributed by atoms with E-state index >= 15 is 0 Å². The summed E-state index contributed by atoms with van der Waals surface area (Å²) < 4.78 is 114. The molecule has 0 aliphatic rings. The number of carboxylic acid groups (broad SMARTS) is 2. The highest BCUT2D eigenvalue weighted by Crippen LogP contribution is 2.50. The smallest absolute Gasteiger partial charge is 0.335 e. The molecule has 70 heavy (non-hydrogen) atoms. The molecule has 0 bridgehead atoms. The summed E-state index contributed by atoms with van der Waals surface area (Å²) in [5.74, 6) is -3.25. The Morgan fingerprint density at radius 2 is 1.23 bits per heavy atom. The molecule has 0 amide bonds. The number of aromatic carboxylic acids is 2. The average molecular weight is 1050 g/mol. The van der Waals surface area contributed by atoms with Crippen LogP contribution in [0.4, 0.5) is 55.8 Å². The van der Waals surface area contributed by atoms with Crippen molar-refractivity contribution in [3.8, 4) is 23.3 Å². The maximum absolute atomic E-state index is 12.4. The zero-order valence-electron chi connectivity index (χ0n) is 35.6. The molecule has 0 saturated heterocycles. The Bertz CT molecular complexity index is 3680. The highest BCUT2D eigenvalue weighted by Gasteiger charge is 2.24. The average Bonchev–Trinajstić information content (AvgIpc) is 3.64. The first-order valence-electron chi connectivity index (χ1n) is 18.9. The molecule has 0 aliphatic heterocycles. The number of anilines is 5. The fourth-order valence-electron chi connectivity index (χ4n) is 6.08. The van der Waals surface area contributed by atoms with Crippen LogP contribution in [0.2, 0.25) is 0 Å². The van der Waals surface area contributed by atoms with Crippen LogP contribution in [-0.4, -0.2) is 79.1 Å². The summed E-state index contributed by atoms with van der Waals surface area (Å²) in [6, 6.07) is 20.1. The monoisotopic (exact) mass is 1050 g/mol. The zero-order chi connectivity index (χ0) is 51.3. The minimum Gasteiger partial charge on any atom is -0.478 e. The number of thiol groups is 1. The van der Waals surface area contributed by atoms with Crippen LogP contribution in [0.1, 0.15) is 37.4 Å². The highest BCUT2D eigenvalue weighted by molar-refractivity contribution is 7.92. The van der Waals surface area contributed by atoms with E-state index in [1.54, 1.807) is 0 Å². The van der Waals surface area contributed by atoms with E-state index in [0.29, 0.717) is 11.3 Å². The maximum Gasteiger partial charge on any atom is 0.335 e. The first-order valence-corrected chi connectivity index (χ1v) is 25.6. The first kappa shape index (κ1) is 51.3. The lowest BCUT2D eigenvalue weighted by Gasteiger charge is -2.16. The van der Waals surface area contributed by atoms with Gasteiger partial charge >= 0.3 is 11.9 Å². The predicted octanol–water partition coefficient (Wildman–Crippen LogP) is 8.30. The van der Waals surface area contributed by atoms with E-state index in [-0.39, 0.29) is 83.6 Å². The lowest BCUT2D eigenvalue weighted by Crippen LogP contribution is -2.09. The van der Waals surface area contributed by atoms with Crippen LogP contribution in [0.15, 0.2) is 120 Å². The zero-order valence-corrected chi connectivity index (χ0v) is 39.8. The Hall–Kier alpha value is -8.07. The summed E-state index contributed by atoms with van der Waals surface area (Å²) in [4.78, 5) is 27.4. The third kappa shape index (κ3) is 12.5. The van der Waals surface area contributed by atoms with E-state index in [1.807, 2.05) is 12.1 Å². The van der Waals surface area contributed by atoms with Gasteiger partial charge in [0, 0.05) is 22.5 Å². The standard InChI is InChI=1S/C40H31N11O14S5/c1-20-31(18-41)35(43-24-4-8-29(9-5-24)69(59,60)61)45-36(44-25-6-10-30(11-7-25)70(62,63)64)34(20)47-48-37-32(19-42)33(21-13-27(50-67(56)65-2)17-28(14-21)51-68(3,57)58)38(66-37)49-46-26-15-22(39(52)53)12-23(16-26)40(54)55/h4-17,51,67H,1-3H3,(H,52,53)(H,54,55)(H2,43,44,45)(H,59,60,61)(H,62,63,64). The number of nitrogens with one attached hydrogen (secondary N) is 3. The largest absolute Gasteiger partial charge is 0.478 e. The number of nitrogens with zero attached hydrogens (tertiary/aromatic N) is 8. The Labute approximate surface area is 402 Å². The summed E-state index contributed by atoms with van der Waals surface area (Å²) in [5.41, 5.74) is -1.63. The lowest BCUT2D eigenvalue weighted by atomic mass is 10.0. The van der Waals surface area contributed by atoms with Crippen molar-refractivity contribution in [2.75, 3.05) is 28.7 Å². The van der Waals surface area contributed by atoms with E-state index in [4.69, 9.17) is 4.18 Å². The van der Waals surface area contributed by atoms with Crippen LogP contribution in [0.5, 0.6) is 0 Å². The molecule has 6 aromatic rings. The van der Waals surface area contributed by atoms with Crippen LogP contribution in [-0.2, 0) is 45.3 Å². The van der Waals surface area contributed by atoms with Gasteiger partial charge in [-0.3, -0.25) is 18.0 Å². The number of rotatable bonds is 17. The van der Waals surface area contributed by atoms with Gasteiger partial charge < -0.3 is 20.8 Å². The number of aromatic nitrogens is 1. The van der Waals surface area contributed by atoms with Gasteiger partial charge in [-0.1, -0.05) is 11.3 Å². The highest BCUT2D eigenvalue weighted by atomic mass is 32.2. The molecule has 0 spiro atoms. The lowest BCUT2D eigenvalue weighted by molar-refractivity contribution is 0.0696. The molecule has 6 rings (SSSR count). The summed E-state index contributed by atoms with van der Waals surface area (Å²) in [6.07, 6.45) is 0.852. The van der Waals surface area contributed by atoms with Crippen molar-refractivity contribution in [3.05, 3.63) is 113 Å². The van der Waals surface area contributed by atoms with Gasteiger partial charge in [0.1, 0.15) is 28.4 Å². The minimum absolute atomic E-state index is 0.000901. The van der Waals surface area contributed by atoms with E-state index in [0.717, 1.165) is 55.8 Å². The fraction of sp³-hybridized carbons (Fsp3) is 0.0750. The summed E-state index contributed by atoms with van der Waals surface area (Å²) in [5, 5.41) is 62.9. The van der Waals surface area contributed by atoms with Crippen LogP contribution in [0.25, 0.3) is 11.1 Å². The molecule has 7 N–H and O–H groups in total. The van der Waals surface area contributed by atoms with Crippen LogP contribution in [0, 0.1) is 29.6 Å². The second-order valence-electron chi connectivity index (χ2n) is 14.0. The van der Waals surface area contributed by atoms with Gasteiger partial charge in [0.25, 0.3) is 20.2 Å². The molecule has 0 radical (unpaired) electrons. The summed E-state index contributed by atoms with van der Waals surface area (Å²) >= 11 is 0.659. The van der Waals surface area contributed by atoms with Gasteiger partial charge in [-0.15, -0.1) is 20.5 Å². The summed E-state index contributed by atoms with van der Waals surface area (Å²) in [7, 11) is -14.7. The number of azo groups is 2. The normalized spacial score (nSPS) is 12.4. The van der Waals surface area contributed by atoms with E-state index in [2.05, 4.69) is 45.2 Å². The quantitative estimate of drug-likeness (QED) is 0.0242. The van der Waals surface area contributed by atoms with Crippen LogP contribution < -0.4 is 15.4 Å². The van der Waals surface area contributed by atoms with E-state index in [1.165, 1.54) is 49.4 Å².